The molecule has 4 aromatic carbocycles. The average Bonchev–Trinajstić information content (AvgIpc) is 3.63. The molecule has 57 heavy (non-hydrogen) atoms. The van der Waals surface area contributed by atoms with Crippen LogP contribution in [0.2, 0.25) is 19.6 Å². The van der Waals surface area contributed by atoms with Gasteiger partial charge in [0, 0.05) is 0 Å². The van der Waals surface area contributed by atoms with Gasteiger partial charge in [0.1, 0.15) is 6.61 Å². The third-order valence-electron chi connectivity index (χ3n) is 10.3. The van der Waals surface area contributed by atoms with E-state index in [2.05, 4.69) is 6.58 Å². The zero-order valence-corrected chi connectivity index (χ0v) is 34.8. The molecule has 298 valence electrons. The molecule has 13 heteroatoms. The zero-order chi connectivity index (χ0) is 41.0. The van der Waals surface area contributed by atoms with Crippen LogP contribution in [0.15, 0.2) is 128 Å². The van der Waals surface area contributed by atoms with E-state index in [0.29, 0.717) is 33.7 Å². The number of anilines is 1. The van der Waals surface area contributed by atoms with Crippen molar-refractivity contribution in [1.82, 2.24) is 4.90 Å². The third-order valence-corrected chi connectivity index (χ3v) is 16.2. The fraction of sp³-hybridized carbons (Fsp3) is 0.295. The van der Waals surface area contributed by atoms with Gasteiger partial charge in [0.25, 0.3) is 0 Å². The van der Waals surface area contributed by atoms with Gasteiger partial charge in [-0.1, -0.05) is 0 Å². The van der Waals surface area contributed by atoms with Crippen LogP contribution in [0.25, 0.3) is 0 Å². The number of Topliss-reactive ketones (excluding diaryl/α,β-unsaturated/α-hetero) is 1. The zero-order valence-electron chi connectivity index (χ0n) is 32.9. The first-order chi connectivity index (χ1) is 27.2. The van der Waals surface area contributed by atoms with E-state index in [1.54, 1.807) is 97.1 Å². The molecule has 2 heterocycles. The molecule has 2 saturated heterocycles. The van der Waals surface area contributed by atoms with Crippen molar-refractivity contribution in [2.24, 2.45) is 5.92 Å². The van der Waals surface area contributed by atoms with Gasteiger partial charge in [-0.15, -0.1) is 0 Å². The molecule has 0 radical (unpaired) electrons. The molecule has 6 rings (SSSR count). The summed E-state index contributed by atoms with van der Waals surface area (Å²) in [5.41, 5.74) is 0.977. The Morgan fingerprint density at radius 3 is 1.81 bits per heavy atom. The summed E-state index contributed by atoms with van der Waals surface area (Å²) < 4.78 is 25.0. The van der Waals surface area contributed by atoms with Crippen LogP contribution in [-0.4, -0.2) is 74.3 Å². The predicted octanol–water partition coefficient (Wildman–Crippen LogP) is 6.69. The van der Waals surface area contributed by atoms with Gasteiger partial charge >= 0.3 is 313 Å². The Hall–Kier alpha value is -5.42. The second kappa shape index (κ2) is 16.6. The summed E-state index contributed by atoms with van der Waals surface area (Å²) in [4.78, 5) is 72.3. The van der Waals surface area contributed by atoms with E-state index in [4.69, 9.17) is 18.2 Å². The van der Waals surface area contributed by atoms with Crippen LogP contribution in [0.3, 0.4) is 0 Å². The maximum atomic E-state index is 15.3. The van der Waals surface area contributed by atoms with Crippen molar-refractivity contribution in [2.75, 3.05) is 18.1 Å². The van der Waals surface area contributed by atoms with Crippen LogP contribution in [0, 0.1) is 5.92 Å². The van der Waals surface area contributed by atoms with Crippen LogP contribution in [0.5, 0.6) is 0 Å². The minimum absolute atomic E-state index is 0.0171. The molecule has 0 N–H and O–H groups in total. The summed E-state index contributed by atoms with van der Waals surface area (Å²) in [5, 5.41) is 1.39. The Bertz CT molecular complexity index is 2030. The van der Waals surface area contributed by atoms with Gasteiger partial charge in [0.2, 0.25) is 0 Å². The van der Waals surface area contributed by atoms with Gasteiger partial charge < -0.3 is 4.74 Å². The number of hydrogen-bond donors (Lipinski definition) is 0. The third kappa shape index (κ3) is 7.94. The molecule has 0 saturated carbocycles. The number of carbonyl (C=O) groups excluding carboxylic acids is 5. The molecule has 2 fully saturated rings. The quantitative estimate of drug-likeness (QED) is 0.0400. The molecule has 0 bridgehead atoms. The Kier molecular flexibility index (Phi) is 12.0. The number of ketones is 1. The van der Waals surface area contributed by atoms with Crippen LogP contribution in [0.4, 0.5) is 10.5 Å². The molecule has 2 aliphatic rings. The first-order valence-corrected chi connectivity index (χ1v) is 24.5. The monoisotopic (exact) mass is 808 g/mol. The molecule has 0 aliphatic carbocycles. The van der Waals surface area contributed by atoms with Crippen molar-refractivity contribution >= 4 is 66.7 Å². The summed E-state index contributed by atoms with van der Waals surface area (Å²) in [6, 6.07) is 31.5. The molecule has 0 spiro atoms. The number of amides is 2. The van der Waals surface area contributed by atoms with E-state index in [1.807, 2.05) is 44.8 Å². The fourth-order valence-corrected chi connectivity index (χ4v) is 13.9. The molecular formula is C44H49N2O9PSi. The number of cyclic esters (lactones) is 1. The molecule has 2 aliphatic heterocycles. The second-order valence-electron chi connectivity index (χ2n) is 15.2. The van der Waals surface area contributed by atoms with Crippen LogP contribution < -0.4 is 20.8 Å². The summed E-state index contributed by atoms with van der Waals surface area (Å²) in [5.74, 6) is -2.86. The molecule has 1 unspecified atom stereocenters. The molecule has 0 aromatic heterocycles. The molecule has 4 aromatic rings. The average molecular weight is 809 g/mol. The van der Waals surface area contributed by atoms with E-state index >= 15 is 4.79 Å². The van der Waals surface area contributed by atoms with E-state index in [1.165, 1.54) is 22.8 Å². The van der Waals surface area contributed by atoms with E-state index < -0.39 is 57.5 Å². The first kappa shape index (κ1) is 41.2. The molecular weight excluding hydrogens is 760 g/mol. The van der Waals surface area contributed by atoms with E-state index in [9.17, 15) is 19.2 Å². The number of hydrogen-bond acceptors (Lipinski definition) is 9. The number of ether oxygens (including phenoxy) is 1. The summed E-state index contributed by atoms with van der Waals surface area (Å²) in [6.45, 7) is 13.8. The topological polar surface area (TPSA) is 129 Å². The number of carbonyl (C=O) groups is 5. The fourth-order valence-electron chi connectivity index (χ4n) is 7.95. The predicted molar refractivity (Wildman–Crippen MR) is 224 cm³/mol. The number of rotatable bonds is 16. The molecule has 11 nitrogen and oxygen atoms in total. The van der Waals surface area contributed by atoms with Gasteiger partial charge in [-0.3, -0.25) is 0 Å². The van der Waals surface area contributed by atoms with Crippen molar-refractivity contribution in [3.8, 4) is 0 Å². The Morgan fingerprint density at radius 2 is 1.37 bits per heavy atom. The summed E-state index contributed by atoms with van der Waals surface area (Å²) >= 11 is 0. The van der Waals surface area contributed by atoms with Crippen molar-refractivity contribution < 1.29 is 42.2 Å². The molecule has 2 amide bonds. The van der Waals surface area contributed by atoms with Gasteiger partial charge in [-0.2, -0.15) is 0 Å². The van der Waals surface area contributed by atoms with Gasteiger partial charge in [0.15, 0.2) is 0 Å². The van der Waals surface area contributed by atoms with Crippen LogP contribution in [0.1, 0.15) is 37.0 Å². The Labute approximate surface area is 334 Å². The summed E-state index contributed by atoms with van der Waals surface area (Å²) in [6.07, 6.45) is 0.387. The van der Waals surface area contributed by atoms with Crippen LogP contribution >= 0.6 is 7.06 Å². The van der Waals surface area contributed by atoms with Crippen molar-refractivity contribution in [3.63, 3.8) is 0 Å². The standard InChI is InChI=1S/C44H49N2O9PSi/c1-7-17-38(43(50)54-56(53-32(3)47,35-18-11-8-12-19-35,36-20-13-9-14-21-36)37-22-15-10-16-23-37)46-39(41(42(46)49)31(2)55-57(4,5)6)30-40(48)33-24-26-34(27-25-33)45-28-29-52-44(45)51/h7-16,18-27,31,38-39,41H,1,17,28-30H2,2-6H3/t31-,38?,39-,41-/m1/s1. The van der Waals surface area contributed by atoms with Crippen molar-refractivity contribution in [3.05, 3.63) is 133 Å². The van der Waals surface area contributed by atoms with Crippen LogP contribution in [-0.2, 0) is 32.6 Å². The van der Waals surface area contributed by atoms with Gasteiger partial charge in [-0.05, 0) is 0 Å². The number of benzene rings is 4. The SMILES string of the molecule is C=CCC(C(=O)OP(OC(C)=O)(c1ccccc1)(c1ccccc1)c1ccccc1)N1C(=O)[C@H]([C@@H](C)O[Si](C)(C)C)[C@H]1CC(=O)c1ccc(N2CCOC2=O)cc1. The van der Waals surface area contributed by atoms with Crippen molar-refractivity contribution in [2.45, 2.75) is 64.5 Å². The minimum atomic E-state index is -4.98. The van der Waals surface area contributed by atoms with Gasteiger partial charge in [-0.25, -0.2) is 4.79 Å². The van der Waals surface area contributed by atoms with E-state index in [0.717, 1.165) is 0 Å². The second-order valence-corrected chi connectivity index (χ2v) is 23.5. The Morgan fingerprint density at radius 1 is 0.842 bits per heavy atom. The Balaban J connectivity index is 1.44. The normalized spacial score (nSPS) is 18.6. The number of likely N-dealkylation sites (tertiary alicyclic amines) is 1. The summed E-state index contributed by atoms with van der Waals surface area (Å²) in [7, 11) is -7.14. The maximum absolute atomic E-state index is 15.3. The van der Waals surface area contributed by atoms with Crippen molar-refractivity contribution in [1.29, 1.82) is 0 Å². The molecule has 4 atom stereocenters. The number of β-lactam (4-membered cyclic amide) rings is 1. The first-order valence-electron chi connectivity index (χ1n) is 19.0. The van der Waals surface area contributed by atoms with E-state index in [-0.39, 0.29) is 31.1 Å². The van der Waals surface area contributed by atoms with Gasteiger partial charge in [0.05, 0.1) is 6.54 Å². The number of nitrogens with zero attached hydrogens (tertiary/aromatic N) is 2.